The second-order valence-electron chi connectivity index (χ2n) is 7.95. The van der Waals surface area contributed by atoms with Gasteiger partial charge in [0.15, 0.2) is 0 Å². The summed E-state index contributed by atoms with van der Waals surface area (Å²) >= 11 is 12.6. The Morgan fingerprint density at radius 3 is 2.81 bits per heavy atom. The quantitative estimate of drug-likeness (QED) is 0.411. The summed E-state index contributed by atoms with van der Waals surface area (Å²) in [7, 11) is 0. The molecule has 1 aliphatic heterocycles. The Kier molecular flexibility index (Phi) is 5.06. The van der Waals surface area contributed by atoms with Crippen LogP contribution in [0.4, 0.5) is 9.18 Å². The predicted molar refractivity (Wildman–Crippen MR) is 121 cm³/mol. The fourth-order valence-electron chi connectivity index (χ4n) is 4.12. The Morgan fingerprint density at radius 1 is 1.28 bits per heavy atom. The summed E-state index contributed by atoms with van der Waals surface area (Å²) in [6.45, 7) is 3.02. The molecule has 32 heavy (non-hydrogen) atoms. The highest BCUT2D eigenvalue weighted by Gasteiger charge is 2.31. The van der Waals surface area contributed by atoms with Crippen LogP contribution in [0.3, 0.4) is 0 Å². The third kappa shape index (κ3) is 3.40. The van der Waals surface area contributed by atoms with E-state index in [1.54, 1.807) is 17.3 Å². The Morgan fingerprint density at radius 2 is 2.06 bits per heavy atom. The average Bonchev–Trinajstić information content (AvgIpc) is 3.36. The van der Waals surface area contributed by atoms with E-state index < -0.39 is 11.8 Å². The number of halogens is 3. The monoisotopic (exact) mass is 472 g/mol. The first-order valence-electron chi connectivity index (χ1n) is 10.0. The van der Waals surface area contributed by atoms with Gasteiger partial charge in [-0.2, -0.15) is 5.10 Å². The summed E-state index contributed by atoms with van der Waals surface area (Å²) in [5.41, 5.74) is 9.24. The largest absolute Gasteiger partial charge is 0.351 e. The average molecular weight is 473 g/mol. The number of pyridine rings is 1. The molecular weight excluding hydrogens is 454 g/mol. The number of amides is 2. The van der Waals surface area contributed by atoms with E-state index in [2.05, 4.69) is 15.1 Å². The van der Waals surface area contributed by atoms with Gasteiger partial charge in [0.1, 0.15) is 11.5 Å². The molecule has 1 aliphatic rings. The van der Waals surface area contributed by atoms with Crippen LogP contribution in [0.1, 0.15) is 30.0 Å². The molecule has 2 amide bonds. The minimum absolute atomic E-state index is 0.0234. The van der Waals surface area contributed by atoms with Crippen molar-refractivity contribution < 1.29 is 9.18 Å². The number of hydrogen-bond acceptors (Lipinski definition) is 3. The van der Waals surface area contributed by atoms with E-state index in [4.69, 9.17) is 28.9 Å². The second kappa shape index (κ2) is 7.79. The van der Waals surface area contributed by atoms with Gasteiger partial charge >= 0.3 is 6.03 Å². The fraction of sp³-hybridized carbons (Fsp3) is 0.227. The molecular formula is C22H19Cl2FN6O. The molecule has 3 aromatic heterocycles. The number of hydrogen-bond donors (Lipinski definition) is 2. The highest BCUT2D eigenvalue weighted by molar-refractivity contribution is 6.36. The lowest BCUT2D eigenvalue weighted by molar-refractivity contribution is 0.125. The number of carbonyl (C=O) groups excluding carboxylic acids is 1. The van der Waals surface area contributed by atoms with Gasteiger partial charge in [0.25, 0.3) is 0 Å². The van der Waals surface area contributed by atoms with E-state index >= 15 is 0 Å². The molecule has 4 heterocycles. The van der Waals surface area contributed by atoms with E-state index in [1.807, 2.05) is 30.1 Å². The normalized spacial score (nSPS) is 15.2. The molecule has 1 atom stereocenters. The maximum absolute atomic E-state index is 14.1. The summed E-state index contributed by atoms with van der Waals surface area (Å²) in [5, 5.41) is 5.77. The number of carbonyl (C=O) groups is 1. The fourth-order valence-corrected chi connectivity index (χ4v) is 4.82. The van der Waals surface area contributed by atoms with Gasteiger partial charge in [-0.15, -0.1) is 0 Å². The number of nitrogens with two attached hydrogens (primary N) is 1. The lowest BCUT2D eigenvalue weighted by Crippen LogP contribution is -2.52. The summed E-state index contributed by atoms with van der Waals surface area (Å²) in [4.78, 5) is 20.5. The Balaban J connectivity index is 1.48. The molecule has 0 radical (unpaired) electrons. The molecule has 1 saturated heterocycles. The van der Waals surface area contributed by atoms with Crippen LogP contribution in [0.5, 0.6) is 0 Å². The van der Waals surface area contributed by atoms with Crippen LogP contribution < -0.4 is 5.73 Å². The zero-order valence-corrected chi connectivity index (χ0v) is 18.5. The number of benzene rings is 1. The first-order chi connectivity index (χ1) is 15.3. The van der Waals surface area contributed by atoms with Gasteiger partial charge in [-0.25, -0.2) is 14.2 Å². The van der Waals surface area contributed by atoms with E-state index in [9.17, 15) is 9.18 Å². The van der Waals surface area contributed by atoms with Crippen molar-refractivity contribution in [3.05, 3.63) is 70.0 Å². The first-order valence-corrected chi connectivity index (χ1v) is 10.8. The minimum Gasteiger partial charge on any atom is -0.351 e. The molecule has 10 heteroatoms. The molecule has 164 valence electrons. The number of aromatic amines is 1. The molecule has 5 rings (SSSR count). The van der Waals surface area contributed by atoms with E-state index in [0.717, 1.165) is 22.1 Å². The first kappa shape index (κ1) is 20.8. The van der Waals surface area contributed by atoms with Crippen molar-refractivity contribution in [2.24, 2.45) is 5.73 Å². The molecule has 1 fully saturated rings. The lowest BCUT2D eigenvalue weighted by atomic mass is 9.92. The van der Waals surface area contributed by atoms with Gasteiger partial charge in [0.2, 0.25) is 0 Å². The Bertz CT molecular complexity index is 1340. The molecule has 1 aromatic carbocycles. The summed E-state index contributed by atoms with van der Waals surface area (Å²) < 4.78 is 15.9. The summed E-state index contributed by atoms with van der Waals surface area (Å²) in [5.74, 6) is -0.760. The van der Waals surface area contributed by atoms with Crippen molar-refractivity contribution >= 4 is 40.3 Å². The van der Waals surface area contributed by atoms with Crippen molar-refractivity contribution in [3.8, 4) is 11.1 Å². The van der Waals surface area contributed by atoms with Gasteiger partial charge < -0.3 is 15.6 Å². The molecule has 0 bridgehead atoms. The molecule has 7 nitrogen and oxygen atoms in total. The smallest absolute Gasteiger partial charge is 0.314 e. The number of rotatable bonds is 4. The Labute approximate surface area is 192 Å². The Hall–Kier alpha value is -3.10. The molecule has 0 saturated carbocycles. The van der Waals surface area contributed by atoms with Crippen LogP contribution in [-0.2, 0) is 0 Å². The number of fused-ring (bicyclic) bond motifs is 1. The van der Waals surface area contributed by atoms with E-state index in [-0.39, 0.29) is 17.0 Å². The zero-order valence-electron chi connectivity index (χ0n) is 17.0. The van der Waals surface area contributed by atoms with Gasteiger partial charge in [0, 0.05) is 59.1 Å². The van der Waals surface area contributed by atoms with Crippen LogP contribution >= 0.6 is 23.2 Å². The van der Waals surface area contributed by atoms with Gasteiger partial charge in [-0.05, 0) is 29.3 Å². The maximum atomic E-state index is 14.1. The SMILES string of the molecule is CC(c1c(Cl)ccc(F)c1Cl)c1c[nH]c2ncc(-c3cnn(C4CN(C(N)=O)C4)c3)cc12. The standard InChI is InChI=1S/C22H19Cl2FN6O/c1-11(19-17(23)2-3-18(25)20(19)24)16-7-28-21-15(16)4-12(5-27-21)13-6-29-31(8-13)14-9-30(10-14)22(26)32/h2-8,11,14H,9-10H2,1H3,(H2,26,32)(H,27,28). The zero-order chi connectivity index (χ0) is 22.6. The van der Waals surface area contributed by atoms with Crippen LogP contribution in [0.2, 0.25) is 10.0 Å². The van der Waals surface area contributed by atoms with Crippen molar-refractivity contribution in [1.29, 1.82) is 0 Å². The predicted octanol–water partition coefficient (Wildman–Crippen LogP) is 4.96. The molecule has 0 spiro atoms. The topological polar surface area (TPSA) is 92.8 Å². The molecule has 3 N–H and O–H groups in total. The van der Waals surface area contributed by atoms with Crippen LogP contribution in [-0.4, -0.2) is 43.8 Å². The molecule has 0 aliphatic carbocycles. The number of primary amides is 1. The second-order valence-corrected chi connectivity index (χ2v) is 8.73. The highest BCUT2D eigenvalue weighted by Crippen LogP contribution is 2.39. The third-order valence-electron chi connectivity index (χ3n) is 6.02. The van der Waals surface area contributed by atoms with E-state index in [1.165, 1.54) is 12.1 Å². The van der Waals surface area contributed by atoms with Crippen molar-refractivity contribution in [3.63, 3.8) is 0 Å². The van der Waals surface area contributed by atoms with Crippen molar-refractivity contribution in [2.45, 2.75) is 18.9 Å². The van der Waals surface area contributed by atoms with Gasteiger partial charge in [-0.3, -0.25) is 4.68 Å². The van der Waals surface area contributed by atoms with Crippen LogP contribution in [0.25, 0.3) is 22.2 Å². The number of aromatic nitrogens is 4. The summed E-state index contributed by atoms with van der Waals surface area (Å²) in [6.07, 6.45) is 7.32. The number of nitrogens with zero attached hydrogens (tertiary/aromatic N) is 4. The maximum Gasteiger partial charge on any atom is 0.314 e. The number of urea groups is 1. The molecule has 4 aromatic rings. The number of H-pyrrole nitrogens is 1. The number of likely N-dealkylation sites (tertiary alicyclic amines) is 1. The van der Waals surface area contributed by atoms with Gasteiger partial charge in [0.05, 0.1) is 17.3 Å². The van der Waals surface area contributed by atoms with E-state index in [0.29, 0.717) is 29.3 Å². The number of nitrogens with one attached hydrogen (secondary N) is 1. The lowest BCUT2D eigenvalue weighted by Gasteiger charge is -2.37. The minimum atomic E-state index is -0.505. The van der Waals surface area contributed by atoms with Crippen molar-refractivity contribution in [2.75, 3.05) is 13.1 Å². The van der Waals surface area contributed by atoms with Gasteiger partial charge in [-0.1, -0.05) is 30.1 Å². The van der Waals surface area contributed by atoms with Crippen molar-refractivity contribution in [1.82, 2.24) is 24.6 Å². The summed E-state index contributed by atoms with van der Waals surface area (Å²) in [6, 6.07) is 4.48. The third-order valence-corrected chi connectivity index (χ3v) is 6.74. The van der Waals surface area contributed by atoms with Crippen LogP contribution in [0.15, 0.2) is 43.0 Å². The van der Waals surface area contributed by atoms with Crippen LogP contribution in [0, 0.1) is 5.82 Å². The molecule has 1 unspecified atom stereocenters. The highest BCUT2D eigenvalue weighted by atomic mass is 35.5.